The Morgan fingerprint density at radius 2 is 0.780 bits per heavy atom. The molecule has 242 valence electrons. The first-order valence-corrected chi connectivity index (χ1v) is 15.5. The number of terminal acetylenes is 1. The van der Waals surface area contributed by atoms with E-state index in [9.17, 15) is 4.79 Å². The first kappa shape index (κ1) is 39.7. The van der Waals surface area contributed by atoms with Gasteiger partial charge in [0.1, 0.15) is 13.2 Å². The summed E-state index contributed by atoms with van der Waals surface area (Å²) < 4.78 is 48.3. The molecule has 0 saturated carbocycles. The Morgan fingerprint density at radius 3 is 1.15 bits per heavy atom. The molecule has 0 aliphatic rings. The van der Waals surface area contributed by atoms with E-state index in [0.717, 1.165) is 12.8 Å². The summed E-state index contributed by atoms with van der Waals surface area (Å²) in [4.78, 5) is 11.7. The second-order valence-electron chi connectivity index (χ2n) is 9.34. The number of esters is 1. The number of hydrogen-bond acceptors (Lipinski definition) is 10. The highest BCUT2D eigenvalue weighted by Gasteiger charge is 2.03. The lowest BCUT2D eigenvalue weighted by Crippen LogP contribution is -2.15. The third-order valence-electron chi connectivity index (χ3n) is 5.76. The Bertz CT molecular complexity index is 556. The fourth-order valence-corrected chi connectivity index (χ4v) is 3.54. The van der Waals surface area contributed by atoms with Crippen LogP contribution >= 0.6 is 0 Å². The van der Waals surface area contributed by atoms with Crippen LogP contribution in [0.15, 0.2) is 0 Å². The molecule has 0 radical (unpaired) electrons. The molecule has 0 aromatic rings. The molecule has 0 aliphatic heterocycles. The van der Waals surface area contributed by atoms with Gasteiger partial charge in [0.25, 0.3) is 0 Å². The fourth-order valence-electron chi connectivity index (χ4n) is 3.54. The molecule has 0 atom stereocenters. The minimum Gasteiger partial charge on any atom is -0.463 e. The molecule has 0 heterocycles. The summed E-state index contributed by atoms with van der Waals surface area (Å²) in [5.41, 5.74) is 0. The Balaban J connectivity index is 3.11. The number of carbonyl (C=O) groups excluding carboxylic acids is 1. The van der Waals surface area contributed by atoms with Gasteiger partial charge in [-0.25, -0.2) is 0 Å². The highest BCUT2D eigenvalue weighted by molar-refractivity contribution is 5.69. The van der Waals surface area contributed by atoms with Crippen molar-refractivity contribution in [2.45, 2.75) is 71.1 Å². The average Bonchev–Trinajstić information content (AvgIpc) is 2.98. The number of hydrogen-bond donors (Lipinski definition) is 0. The van der Waals surface area contributed by atoms with Crippen LogP contribution in [-0.4, -0.2) is 118 Å². The van der Waals surface area contributed by atoms with E-state index in [1.807, 2.05) is 0 Å². The zero-order chi connectivity index (χ0) is 29.7. The van der Waals surface area contributed by atoms with Gasteiger partial charge in [-0.15, -0.1) is 6.42 Å². The maximum Gasteiger partial charge on any atom is 0.305 e. The molecule has 0 spiro atoms. The monoisotopic (exact) mass is 590 g/mol. The van der Waals surface area contributed by atoms with Crippen LogP contribution in [0.1, 0.15) is 71.1 Å². The second kappa shape index (κ2) is 36.7. The van der Waals surface area contributed by atoms with E-state index in [1.54, 1.807) is 0 Å². The van der Waals surface area contributed by atoms with E-state index in [-0.39, 0.29) is 5.97 Å². The van der Waals surface area contributed by atoms with Crippen LogP contribution in [0.2, 0.25) is 0 Å². The van der Waals surface area contributed by atoms with Crippen molar-refractivity contribution in [3.05, 3.63) is 0 Å². The summed E-state index contributed by atoms with van der Waals surface area (Å²) in [6.07, 6.45) is 16.7. The summed E-state index contributed by atoms with van der Waals surface area (Å²) in [5.74, 6) is 2.26. The number of ether oxygens (including phenoxy) is 9. The summed E-state index contributed by atoms with van der Waals surface area (Å²) in [5, 5.41) is 0. The van der Waals surface area contributed by atoms with Crippen LogP contribution in [0.5, 0.6) is 0 Å². The zero-order valence-corrected chi connectivity index (χ0v) is 25.8. The topological polar surface area (TPSA) is 100 Å². The minimum atomic E-state index is -0.135. The Labute approximate surface area is 249 Å². The van der Waals surface area contributed by atoms with Crippen molar-refractivity contribution in [3.63, 3.8) is 0 Å². The Morgan fingerprint density at radius 1 is 0.463 bits per heavy atom. The van der Waals surface area contributed by atoms with Crippen LogP contribution in [0, 0.1) is 12.3 Å². The molecule has 0 fully saturated rings. The minimum absolute atomic E-state index is 0.135. The van der Waals surface area contributed by atoms with Crippen molar-refractivity contribution in [1.29, 1.82) is 0 Å². The maximum atomic E-state index is 11.7. The SMILES string of the molecule is C#CCOCCOCCOCCOCCOCCOCCOCCOCCOC(=O)CCCCCCCCCCC. The smallest absolute Gasteiger partial charge is 0.305 e. The normalized spacial score (nSPS) is 11.1. The van der Waals surface area contributed by atoms with E-state index in [2.05, 4.69) is 12.8 Å². The van der Waals surface area contributed by atoms with Gasteiger partial charge in [-0.2, -0.15) is 0 Å². The van der Waals surface area contributed by atoms with Crippen LogP contribution in [0.4, 0.5) is 0 Å². The average molecular weight is 591 g/mol. The summed E-state index contributed by atoms with van der Waals surface area (Å²) in [6, 6.07) is 0. The van der Waals surface area contributed by atoms with Gasteiger partial charge in [0.2, 0.25) is 0 Å². The fraction of sp³-hybridized carbons (Fsp3) is 0.903. The lowest BCUT2D eigenvalue weighted by atomic mass is 10.1. The molecule has 0 aromatic carbocycles. The van der Waals surface area contributed by atoms with Crippen molar-refractivity contribution in [2.24, 2.45) is 0 Å². The highest BCUT2D eigenvalue weighted by atomic mass is 16.6. The van der Waals surface area contributed by atoms with Gasteiger partial charge in [-0.05, 0) is 6.42 Å². The van der Waals surface area contributed by atoms with E-state index in [0.29, 0.717) is 119 Å². The lowest BCUT2D eigenvalue weighted by molar-refractivity contribution is -0.145. The van der Waals surface area contributed by atoms with Crippen LogP contribution < -0.4 is 0 Å². The lowest BCUT2D eigenvalue weighted by Gasteiger charge is -2.09. The van der Waals surface area contributed by atoms with Crippen molar-refractivity contribution in [1.82, 2.24) is 0 Å². The third kappa shape index (κ3) is 36.7. The van der Waals surface area contributed by atoms with Crippen molar-refractivity contribution in [2.75, 3.05) is 112 Å². The first-order valence-electron chi connectivity index (χ1n) is 15.5. The van der Waals surface area contributed by atoms with Crippen molar-refractivity contribution in [3.8, 4) is 12.3 Å². The third-order valence-corrected chi connectivity index (χ3v) is 5.76. The molecule has 41 heavy (non-hydrogen) atoms. The van der Waals surface area contributed by atoms with Gasteiger partial charge in [-0.1, -0.05) is 64.2 Å². The van der Waals surface area contributed by atoms with E-state index in [4.69, 9.17) is 49.1 Å². The molecule has 0 N–H and O–H groups in total. The van der Waals surface area contributed by atoms with Gasteiger partial charge in [0.15, 0.2) is 0 Å². The largest absolute Gasteiger partial charge is 0.463 e. The highest BCUT2D eigenvalue weighted by Crippen LogP contribution is 2.10. The molecule has 0 aliphatic carbocycles. The predicted octanol–water partition coefficient (Wildman–Crippen LogP) is 4.22. The van der Waals surface area contributed by atoms with Gasteiger partial charge >= 0.3 is 5.97 Å². The Hall–Kier alpha value is -1.29. The van der Waals surface area contributed by atoms with Gasteiger partial charge in [-0.3, -0.25) is 4.79 Å². The van der Waals surface area contributed by atoms with Gasteiger partial charge in [0.05, 0.1) is 99.1 Å². The van der Waals surface area contributed by atoms with Crippen LogP contribution in [0.25, 0.3) is 0 Å². The van der Waals surface area contributed by atoms with E-state index < -0.39 is 0 Å². The number of carbonyl (C=O) groups is 1. The number of unbranched alkanes of at least 4 members (excludes halogenated alkanes) is 8. The van der Waals surface area contributed by atoms with Gasteiger partial charge in [0, 0.05) is 6.42 Å². The molecule has 10 nitrogen and oxygen atoms in total. The van der Waals surface area contributed by atoms with Crippen LogP contribution in [0.3, 0.4) is 0 Å². The molecule has 0 bridgehead atoms. The quantitative estimate of drug-likeness (QED) is 0.0606. The molecular weight excluding hydrogens is 532 g/mol. The standard InChI is InChI=1S/C31H58O10/c1-3-5-6-7-8-9-10-11-12-13-31(32)41-30-29-40-28-27-39-26-25-38-24-23-37-22-21-36-20-19-35-18-17-34-16-15-33-14-4-2/h2H,3,5-30H2,1H3. The van der Waals surface area contributed by atoms with E-state index >= 15 is 0 Å². The van der Waals surface area contributed by atoms with Crippen molar-refractivity contribution >= 4 is 5.97 Å². The molecule has 0 saturated heterocycles. The molecule has 0 aromatic heterocycles. The molecule has 0 unspecified atom stereocenters. The van der Waals surface area contributed by atoms with Crippen LogP contribution in [-0.2, 0) is 47.4 Å². The maximum absolute atomic E-state index is 11.7. The summed E-state index contributed by atoms with van der Waals surface area (Å²) in [7, 11) is 0. The predicted molar refractivity (Wildman–Crippen MR) is 158 cm³/mol. The van der Waals surface area contributed by atoms with Crippen molar-refractivity contribution < 1.29 is 47.4 Å². The molecule has 10 heteroatoms. The molecule has 0 amide bonds. The summed E-state index contributed by atoms with van der Waals surface area (Å²) in [6.45, 7) is 10.2. The summed E-state index contributed by atoms with van der Waals surface area (Å²) >= 11 is 0. The zero-order valence-electron chi connectivity index (χ0n) is 25.8. The van der Waals surface area contributed by atoms with E-state index in [1.165, 1.54) is 44.9 Å². The van der Waals surface area contributed by atoms with Gasteiger partial charge < -0.3 is 42.6 Å². The molecule has 0 rings (SSSR count). The Kier molecular flexibility index (Phi) is 35.6. The second-order valence-corrected chi connectivity index (χ2v) is 9.34. The molecular formula is C31H58O10. The first-order chi connectivity index (χ1) is 20.3. The number of rotatable bonds is 35.